The topological polar surface area (TPSA) is 24.5 Å². The van der Waals surface area contributed by atoms with Crippen LogP contribution in [0.15, 0.2) is 24.3 Å². The highest BCUT2D eigenvalue weighted by atomic mass is 35.5. The predicted molar refractivity (Wildman–Crippen MR) is 79.7 cm³/mol. The van der Waals surface area contributed by atoms with Gasteiger partial charge < -0.3 is 15.0 Å². The Balaban J connectivity index is 2.12. The van der Waals surface area contributed by atoms with Crippen LogP contribution < -0.4 is 5.32 Å². The van der Waals surface area contributed by atoms with E-state index >= 15 is 0 Å². The van der Waals surface area contributed by atoms with Gasteiger partial charge in [0.15, 0.2) is 0 Å². The summed E-state index contributed by atoms with van der Waals surface area (Å²) in [6, 6.07) is 8.31. The van der Waals surface area contributed by atoms with Crippen LogP contribution in [0.4, 0.5) is 0 Å². The van der Waals surface area contributed by atoms with Crippen LogP contribution in [0.1, 0.15) is 24.9 Å². The number of benzene rings is 1. The molecule has 2 unspecified atom stereocenters. The van der Waals surface area contributed by atoms with E-state index in [0.717, 1.165) is 37.7 Å². The Kier molecular flexibility index (Phi) is 5.64. The van der Waals surface area contributed by atoms with Crippen molar-refractivity contribution >= 4 is 11.6 Å². The van der Waals surface area contributed by atoms with Crippen LogP contribution >= 0.6 is 11.6 Å². The van der Waals surface area contributed by atoms with Gasteiger partial charge in [0, 0.05) is 18.1 Å². The molecule has 3 nitrogen and oxygen atoms in total. The molecule has 1 aliphatic heterocycles. The molecule has 1 heterocycles. The fourth-order valence-corrected chi connectivity index (χ4v) is 2.57. The summed E-state index contributed by atoms with van der Waals surface area (Å²) >= 11 is 5.97. The van der Waals surface area contributed by atoms with Crippen molar-refractivity contribution in [1.82, 2.24) is 10.2 Å². The molecule has 1 aromatic carbocycles. The number of hydrogen-bond donors (Lipinski definition) is 1. The third-order valence-corrected chi connectivity index (χ3v) is 3.76. The number of halogens is 1. The van der Waals surface area contributed by atoms with Crippen molar-refractivity contribution in [3.63, 3.8) is 0 Å². The van der Waals surface area contributed by atoms with Crippen LogP contribution in [0.2, 0.25) is 5.02 Å². The summed E-state index contributed by atoms with van der Waals surface area (Å²) in [7, 11) is 2.15. The molecule has 0 radical (unpaired) electrons. The Hall–Kier alpha value is -0.610. The average Bonchev–Trinajstić information content (AvgIpc) is 2.41. The molecule has 0 spiro atoms. The average molecular weight is 283 g/mol. The highest BCUT2D eigenvalue weighted by Gasteiger charge is 2.27. The molecule has 0 aliphatic carbocycles. The van der Waals surface area contributed by atoms with Crippen molar-refractivity contribution in [3.8, 4) is 0 Å². The normalized spacial score (nSPS) is 22.4. The van der Waals surface area contributed by atoms with E-state index in [2.05, 4.69) is 36.3 Å². The molecule has 1 saturated heterocycles. The molecular weight excluding hydrogens is 260 g/mol. The Morgan fingerprint density at radius 3 is 2.79 bits per heavy atom. The third-order valence-electron chi connectivity index (χ3n) is 3.51. The molecule has 0 bridgehead atoms. The van der Waals surface area contributed by atoms with Crippen LogP contribution in [0.25, 0.3) is 0 Å². The second-order valence-electron chi connectivity index (χ2n) is 5.15. The van der Waals surface area contributed by atoms with Gasteiger partial charge in [0.05, 0.1) is 18.8 Å². The first-order valence-corrected chi connectivity index (χ1v) is 7.37. The molecule has 0 aromatic heterocycles. The van der Waals surface area contributed by atoms with Gasteiger partial charge in [-0.2, -0.15) is 0 Å². The maximum atomic E-state index is 5.97. The first-order valence-electron chi connectivity index (χ1n) is 6.99. The number of morpholine rings is 1. The molecule has 1 aromatic rings. The number of rotatable bonds is 5. The SMILES string of the molecule is CCCNC(c1ccc(Cl)cc1)C1CN(C)CCO1. The van der Waals surface area contributed by atoms with Crippen LogP contribution in [0.5, 0.6) is 0 Å². The molecule has 1 N–H and O–H groups in total. The fraction of sp³-hybridized carbons (Fsp3) is 0.600. The monoisotopic (exact) mass is 282 g/mol. The van der Waals surface area contributed by atoms with Gasteiger partial charge in [-0.1, -0.05) is 30.7 Å². The first kappa shape index (κ1) is 14.8. The summed E-state index contributed by atoms with van der Waals surface area (Å²) in [5.74, 6) is 0. The van der Waals surface area contributed by atoms with E-state index in [0.29, 0.717) is 0 Å². The second kappa shape index (κ2) is 7.25. The Bertz CT molecular complexity index is 382. The van der Waals surface area contributed by atoms with Gasteiger partial charge in [-0.25, -0.2) is 0 Å². The van der Waals surface area contributed by atoms with Crippen molar-refractivity contribution in [3.05, 3.63) is 34.9 Å². The molecule has 0 amide bonds. The molecule has 2 atom stereocenters. The quantitative estimate of drug-likeness (QED) is 0.899. The minimum Gasteiger partial charge on any atom is -0.374 e. The zero-order valence-corrected chi connectivity index (χ0v) is 12.5. The molecule has 2 rings (SSSR count). The van der Waals surface area contributed by atoms with Crippen LogP contribution in [0.3, 0.4) is 0 Å². The maximum absolute atomic E-state index is 5.97. The van der Waals surface area contributed by atoms with Crippen LogP contribution in [-0.2, 0) is 4.74 Å². The van der Waals surface area contributed by atoms with Crippen molar-refractivity contribution in [1.29, 1.82) is 0 Å². The summed E-state index contributed by atoms with van der Waals surface area (Å²) in [4.78, 5) is 2.32. The van der Waals surface area contributed by atoms with Crippen molar-refractivity contribution in [2.45, 2.75) is 25.5 Å². The van der Waals surface area contributed by atoms with E-state index < -0.39 is 0 Å². The van der Waals surface area contributed by atoms with Gasteiger partial charge in [0.2, 0.25) is 0 Å². The van der Waals surface area contributed by atoms with Gasteiger partial charge in [0.1, 0.15) is 0 Å². The Morgan fingerprint density at radius 1 is 1.42 bits per heavy atom. The highest BCUT2D eigenvalue weighted by Crippen LogP contribution is 2.23. The van der Waals surface area contributed by atoms with Crippen LogP contribution in [0, 0.1) is 0 Å². The molecular formula is C15H23ClN2O. The van der Waals surface area contributed by atoms with E-state index in [1.165, 1.54) is 5.56 Å². The molecule has 1 fully saturated rings. The van der Waals surface area contributed by atoms with Crippen LogP contribution in [-0.4, -0.2) is 44.3 Å². The van der Waals surface area contributed by atoms with Crippen molar-refractivity contribution in [2.75, 3.05) is 33.3 Å². The van der Waals surface area contributed by atoms with Crippen molar-refractivity contribution in [2.24, 2.45) is 0 Å². The maximum Gasteiger partial charge on any atom is 0.0896 e. The van der Waals surface area contributed by atoms with Gasteiger partial charge >= 0.3 is 0 Å². The van der Waals surface area contributed by atoms with E-state index in [1.54, 1.807) is 0 Å². The third kappa shape index (κ3) is 4.18. The Morgan fingerprint density at radius 2 is 2.16 bits per heavy atom. The standard InChI is InChI=1S/C15H23ClN2O/c1-3-8-17-15(12-4-6-13(16)7-5-12)14-11-18(2)9-10-19-14/h4-7,14-15,17H,3,8-11H2,1-2H3. The number of nitrogens with one attached hydrogen (secondary N) is 1. The largest absolute Gasteiger partial charge is 0.374 e. The first-order chi connectivity index (χ1) is 9.20. The summed E-state index contributed by atoms with van der Waals surface area (Å²) in [6.07, 6.45) is 1.32. The zero-order valence-electron chi connectivity index (χ0n) is 11.7. The molecule has 0 saturated carbocycles. The lowest BCUT2D eigenvalue weighted by Gasteiger charge is -2.36. The smallest absolute Gasteiger partial charge is 0.0896 e. The Labute approximate surface area is 120 Å². The summed E-state index contributed by atoms with van der Waals surface area (Å²) in [5, 5.41) is 4.38. The second-order valence-corrected chi connectivity index (χ2v) is 5.59. The van der Waals surface area contributed by atoms with E-state index in [4.69, 9.17) is 16.3 Å². The molecule has 106 valence electrons. The van der Waals surface area contributed by atoms with Gasteiger partial charge in [0.25, 0.3) is 0 Å². The number of hydrogen-bond acceptors (Lipinski definition) is 3. The van der Waals surface area contributed by atoms with E-state index in [-0.39, 0.29) is 12.1 Å². The van der Waals surface area contributed by atoms with E-state index in [1.807, 2.05) is 12.1 Å². The fourth-order valence-electron chi connectivity index (χ4n) is 2.45. The number of nitrogens with zero attached hydrogens (tertiary/aromatic N) is 1. The zero-order chi connectivity index (χ0) is 13.7. The summed E-state index contributed by atoms with van der Waals surface area (Å²) in [5.41, 5.74) is 1.25. The molecule has 4 heteroatoms. The van der Waals surface area contributed by atoms with Gasteiger partial charge in [-0.3, -0.25) is 0 Å². The van der Waals surface area contributed by atoms with Gasteiger partial charge in [-0.05, 0) is 37.7 Å². The predicted octanol–water partition coefficient (Wildman–Crippen LogP) is 2.71. The lowest BCUT2D eigenvalue weighted by Crippen LogP contribution is -2.46. The number of likely N-dealkylation sites (N-methyl/N-ethyl adjacent to an activating group) is 1. The lowest BCUT2D eigenvalue weighted by molar-refractivity contribution is -0.0392. The highest BCUT2D eigenvalue weighted by molar-refractivity contribution is 6.30. The van der Waals surface area contributed by atoms with E-state index in [9.17, 15) is 0 Å². The summed E-state index contributed by atoms with van der Waals surface area (Å²) < 4.78 is 5.96. The van der Waals surface area contributed by atoms with Crippen molar-refractivity contribution < 1.29 is 4.74 Å². The number of ether oxygens (including phenoxy) is 1. The summed E-state index contributed by atoms with van der Waals surface area (Å²) in [6.45, 7) is 5.96. The minimum atomic E-state index is 0.200. The lowest BCUT2D eigenvalue weighted by atomic mass is 10.00. The molecule has 19 heavy (non-hydrogen) atoms. The molecule has 1 aliphatic rings. The minimum absolute atomic E-state index is 0.200. The van der Waals surface area contributed by atoms with Gasteiger partial charge in [-0.15, -0.1) is 0 Å².